The zero-order chi connectivity index (χ0) is 41.3. The Morgan fingerprint density at radius 2 is 1.71 bits per heavy atom. The summed E-state index contributed by atoms with van der Waals surface area (Å²) in [5, 5.41) is 12.9. The number of alkyl halides is 3. The second-order valence-corrected chi connectivity index (χ2v) is 14.4. The highest BCUT2D eigenvalue weighted by atomic mass is 19.4. The Bertz CT molecular complexity index is 2340. The number of hydrogen-bond acceptors (Lipinski definition) is 9. The maximum absolute atomic E-state index is 14.1. The Hall–Kier alpha value is -6.38. The van der Waals surface area contributed by atoms with Gasteiger partial charge >= 0.3 is 12.1 Å². The van der Waals surface area contributed by atoms with Crippen molar-refractivity contribution in [2.75, 3.05) is 13.2 Å². The van der Waals surface area contributed by atoms with Crippen LogP contribution in [0.1, 0.15) is 68.2 Å². The number of aliphatic carboxylic acids is 1. The maximum atomic E-state index is 14.1. The maximum Gasteiger partial charge on any atom is 0.392 e. The van der Waals surface area contributed by atoms with E-state index in [1.165, 1.54) is 4.90 Å². The Kier molecular flexibility index (Phi) is 11.2. The molecule has 0 saturated heterocycles. The van der Waals surface area contributed by atoms with Gasteiger partial charge in [-0.2, -0.15) is 13.2 Å². The van der Waals surface area contributed by atoms with Gasteiger partial charge in [0.25, 0.3) is 5.91 Å². The number of halogens is 3. The first kappa shape index (κ1) is 39.8. The standard InChI is InChI=1S/C43H41F3N4O8/c1-23-24(2)47-15-13-33(23)28-7-5-27(6-8-28)17-34(42(53)54)49-40(51)35-18-30-19-36-37(20-31(30)21-50(35)41(52)39-25(3)57-26(4)48-39)58-38(22-56-36)29-9-11-32(12-10-29)55-16-14-43(44,45)46/h5-13,15,19-20,34-35,38H,14,16-18,21-22H2,1-4H3,(H,49,51)(H,53,54)/t34-,35-,38+/m0/s1. The number of benzene rings is 3. The SMILES string of the molecule is Cc1nc(C(=O)N2Cc3cc4c(cc3C[C@H]2C(=O)N[C@@H](Cc2ccc(-c3ccnc(C)c3C)cc2)C(=O)O)OC[C@H](c2ccc(OCCC(F)(F)F)cc2)O4)c(C)o1. The van der Waals surface area contributed by atoms with Gasteiger partial charge in [0, 0.05) is 38.2 Å². The number of carbonyl (C=O) groups excluding carboxylic acids is 2. The van der Waals surface area contributed by atoms with Gasteiger partial charge in [0.1, 0.15) is 30.2 Å². The topological polar surface area (TPSA) is 153 Å². The van der Waals surface area contributed by atoms with Gasteiger partial charge in [-0.3, -0.25) is 14.6 Å². The fourth-order valence-electron chi connectivity index (χ4n) is 7.17. The van der Waals surface area contributed by atoms with E-state index < -0.39 is 55.2 Å². The molecular formula is C43H41F3N4O8. The number of carbonyl (C=O) groups is 3. The molecule has 2 N–H and O–H groups in total. The Balaban J connectivity index is 1.10. The molecule has 3 aromatic carbocycles. The van der Waals surface area contributed by atoms with Crippen LogP contribution in [0.3, 0.4) is 0 Å². The van der Waals surface area contributed by atoms with E-state index in [0.29, 0.717) is 33.8 Å². The number of ether oxygens (including phenoxy) is 3. The monoisotopic (exact) mass is 798 g/mol. The van der Waals surface area contributed by atoms with Crippen LogP contribution in [-0.4, -0.2) is 69.2 Å². The average Bonchev–Trinajstić information content (AvgIpc) is 3.54. The highest BCUT2D eigenvalue weighted by molar-refractivity contribution is 5.98. The average molecular weight is 799 g/mol. The predicted molar refractivity (Wildman–Crippen MR) is 204 cm³/mol. The van der Waals surface area contributed by atoms with Crippen molar-refractivity contribution < 1.29 is 51.3 Å². The number of hydrogen-bond donors (Lipinski definition) is 2. The number of oxazole rings is 1. The molecule has 0 radical (unpaired) electrons. The predicted octanol–water partition coefficient (Wildman–Crippen LogP) is 7.19. The lowest BCUT2D eigenvalue weighted by atomic mass is 9.91. The molecule has 302 valence electrons. The summed E-state index contributed by atoms with van der Waals surface area (Å²) >= 11 is 0. The van der Waals surface area contributed by atoms with Gasteiger partial charge in [0.15, 0.2) is 29.2 Å². The fourth-order valence-corrected chi connectivity index (χ4v) is 7.17. The lowest BCUT2D eigenvalue weighted by Crippen LogP contribution is -2.56. The second kappa shape index (κ2) is 16.2. The number of aryl methyl sites for hydroxylation is 3. The van der Waals surface area contributed by atoms with E-state index in [9.17, 15) is 32.7 Å². The minimum atomic E-state index is -4.32. The van der Waals surface area contributed by atoms with Crippen LogP contribution in [0.25, 0.3) is 11.1 Å². The third-order valence-electron chi connectivity index (χ3n) is 10.4. The highest BCUT2D eigenvalue weighted by Crippen LogP contribution is 2.41. The molecule has 0 aliphatic carbocycles. The second-order valence-electron chi connectivity index (χ2n) is 14.4. The first-order valence-electron chi connectivity index (χ1n) is 18.7. The summed E-state index contributed by atoms with van der Waals surface area (Å²) in [6.07, 6.45) is -4.14. The van der Waals surface area contributed by atoms with Crippen molar-refractivity contribution in [3.63, 3.8) is 0 Å². The molecule has 4 heterocycles. The summed E-state index contributed by atoms with van der Waals surface area (Å²) in [6, 6.07) is 17.0. The molecule has 0 spiro atoms. The van der Waals surface area contributed by atoms with E-state index in [1.54, 1.807) is 56.4 Å². The lowest BCUT2D eigenvalue weighted by Gasteiger charge is -2.37. The van der Waals surface area contributed by atoms with Gasteiger partial charge in [-0.1, -0.05) is 36.4 Å². The normalized spacial score (nSPS) is 16.6. The molecule has 58 heavy (non-hydrogen) atoms. The van der Waals surface area contributed by atoms with E-state index in [-0.39, 0.29) is 49.1 Å². The number of rotatable bonds is 11. The molecule has 2 aliphatic rings. The van der Waals surface area contributed by atoms with E-state index in [1.807, 2.05) is 44.2 Å². The van der Waals surface area contributed by atoms with Crippen LogP contribution in [0, 0.1) is 27.7 Å². The molecule has 2 aliphatic heterocycles. The molecule has 12 nitrogen and oxygen atoms in total. The van der Waals surface area contributed by atoms with Crippen molar-refractivity contribution in [3.05, 3.63) is 124 Å². The fraction of sp³-hybridized carbons (Fsp3) is 0.326. The van der Waals surface area contributed by atoms with Gasteiger partial charge in [0.2, 0.25) is 5.91 Å². The molecular weight excluding hydrogens is 757 g/mol. The molecule has 3 atom stereocenters. The Labute approximate surface area is 332 Å². The summed E-state index contributed by atoms with van der Waals surface area (Å²) < 4.78 is 60.8. The zero-order valence-electron chi connectivity index (χ0n) is 32.2. The molecule has 7 rings (SSSR count). The van der Waals surface area contributed by atoms with Crippen LogP contribution >= 0.6 is 0 Å². The number of nitrogens with one attached hydrogen (secondary N) is 1. The van der Waals surface area contributed by atoms with Crippen molar-refractivity contribution in [2.24, 2.45) is 0 Å². The van der Waals surface area contributed by atoms with E-state index in [0.717, 1.165) is 22.4 Å². The van der Waals surface area contributed by atoms with Crippen LogP contribution < -0.4 is 19.5 Å². The quantitative estimate of drug-likeness (QED) is 0.140. The van der Waals surface area contributed by atoms with Crippen LogP contribution in [0.2, 0.25) is 0 Å². The molecule has 0 saturated carbocycles. The first-order valence-corrected chi connectivity index (χ1v) is 18.7. The summed E-state index contributed by atoms with van der Waals surface area (Å²) in [4.78, 5) is 50.8. The van der Waals surface area contributed by atoms with E-state index >= 15 is 0 Å². The van der Waals surface area contributed by atoms with Gasteiger partial charge < -0.3 is 34.0 Å². The van der Waals surface area contributed by atoms with Crippen molar-refractivity contribution in [2.45, 2.75) is 77.9 Å². The van der Waals surface area contributed by atoms with Crippen molar-refractivity contribution in [3.8, 4) is 28.4 Å². The molecule has 2 aromatic heterocycles. The first-order chi connectivity index (χ1) is 27.6. The summed E-state index contributed by atoms with van der Waals surface area (Å²) in [6.45, 7) is 6.74. The smallest absolute Gasteiger partial charge is 0.392 e. The number of nitrogens with zero attached hydrogens (tertiary/aromatic N) is 3. The summed E-state index contributed by atoms with van der Waals surface area (Å²) in [5.41, 5.74) is 6.76. The highest BCUT2D eigenvalue weighted by Gasteiger charge is 2.39. The minimum absolute atomic E-state index is 0.00220. The molecule has 15 heteroatoms. The minimum Gasteiger partial charge on any atom is -0.493 e. The van der Waals surface area contributed by atoms with E-state index in [4.69, 9.17) is 18.6 Å². The number of carboxylic acid groups (broad SMARTS) is 1. The molecule has 2 amide bonds. The summed E-state index contributed by atoms with van der Waals surface area (Å²) in [5.74, 6) is -0.777. The molecule has 0 fully saturated rings. The number of aromatic nitrogens is 2. The Morgan fingerprint density at radius 1 is 0.983 bits per heavy atom. The third kappa shape index (κ3) is 8.77. The van der Waals surface area contributed by atoms with Crippen molar-refractivity contribution in [1.82, 2.24) is 20.2 Å². The van der Waals surface area contributed by atoms with Crippen LogP contribution in [0.15, 0.2) is 77.3 Å². The van der Waals surface area contributed by atoms with Crippen molar-refractivity contribution in [1.29, 1.82) is 0 Å². The number of fused-ring (bicyclic) bond motifs is 2. The van der Waals surface area contributed by atoms with E-state index in [2.05, 4.69) is 15.3 Å². The number of pyridine rings is 1. The van der Waals surface area contributed by atoms with Gasteiger partial charge in [0.05, 0.1) is 13.0 Å². The van der Waals surface area contributed by atoms with Crippen molar-refractivity contribution >= 4 is 17.8 Å². The summed E-state index contributed by atoms with van der Waals surface area (Å²) in [7, 11) is 0. The molecule has 0 bridgehead atoms. The largest absolute Gasteiger partial charge is 0.493 e. The van der Waals surface area contributed by atoms with Gasteiger partial charge in [-0.25, -0.2) is 9.78 Å². The number of amides is 2. The zero-order valence-corrected chi connectivity index (χ0v) is 32.2. The lowest BCUT2D eigenvalue weighted by molar-refractivity contribution is -0.142. The Morgan fingerprint density at radius 3 is 2.38 bits per heavy atom. The van der Waals surface area contributed by atoms with Gasteiger partial charge in [-0.15, -0.1) is 0 Å². The molecule has 0 unspecified atom stereocenters. The van der Waals surface area contributed by atoms with Gasteiger partial charge in [-0.05, 0) is 90.0 Å². The molecule has 5 aromatic rings. The van der Waals surface area contributed by atoms with Crippen LogP contribution in [-0.2, 0) is 29.0 Å². The van der Waals surface area contributed by atoms with Crippen LogP contribution in [0.4, 0.5) is 13.2 Å². The van der Waals surface area contributed by atoms with Crippen LogP contribution in [0.5, 0.6) is 17.2 Å². The third-order valence-corrected chi connectivity index (χ3v) is 10.4. The number of carboxylic acids is 1.